The van der Waals surface area contributed by atoms with E-state index < -0.39 is 0 Å². The molecule has 1 fully saturated rings. The molecule has 0 bridgehead atoms. The maximum atomic E-state index is 5.96. The number of nitrogens with zero attached hydrogens (tertiary/aromatic N) is 1. The largest absolute Gasteiger partial charge is 0.329 e. The Labute approximate surface area is 102 Å². The molecule has 1 aromatic heterocycles. The summed E-state index contributed by atoms with van der Waals surface area (Å²) in [5.41, 5.74) is 5.96. The smallest absolute Gasteiger partial charge is 0.0564 e. The zero-order chi connectivity index (χ0) is 11.4. The van der Waals surface area contributed by atoms with Crippen LogP contribution in [-0.2, 0) is 0 Å². The number of nitrogens with two attached hydrogens (primary N) is 1. The summed E-state index contributed by atoms with van der Waals surface area (Å²) in [6.45, 7) is 5.42. The summed E-state index contributed by atoms with van der Waals surface area (Å²) < 4.78 is 0. The SMILES string of the molecule is CCCN(CC1CC1)C(CN)c1cccs1. The minimum absolute atomic E-state index is 0.445. The molecule has 1 unspecified atom stereocenters. The highest BCUT2D eigenvalue weighted by Gasteiger charge is 2.28. The van der Waals surface area contributed by atoms with Crippen LogP contribution in [0.3, 0.4) is 0 Å². The molecule has 0 spiro atoms. The lowest BCUT2D eigenvalue weighted by Gasteiger charge is -2.30. The number of rotatable bonds is 7. The van der Waals surface area contributed by atoms with Gasteiger partial charge in [0.05, 0.1) is 6.04 Å². The number of hydrogen-bond donors (Lipinski definition) is 1. The fourth-order valence-corrected chi connectivity index (χ4v) is 3.09. The Balaban J connectivity index is 2.02. The Morgan fingerprint density at radius 3 is 2.88 bits per heavy atom. The fraction of sp³-hybridized carbons (Fsp3) is 0.692. The van der Waals surface area contributed by atoms with E-state index in [0.29, 0.717) is 6.04 Å². The van der Waals surface area contributed by atoms with E-state index in [4.69, 9.17) is 5.73 Å². The summed E-state index contributed by atoms with van der Waals surface area (Å²) in [5.74, 6) is 0.945. The molecule has 1 heterocycles. The summed E-state index contributed by atoms with van der Waals surface area (Å²) in [4.78, 5) is 4.01. The van der Waals surface area contributed by atoms with Crippen LogP contribution in [0, 0.1) is 5.92 Å². The predicted molar refractivity (Wildman–Crippen MR) is 70.7 cm³/mol. The zero-order valence-corrected chi connectivity index (χ0v) is 10.9. The maximum absolute atomic E-state index is 5.96. The van der Waals surface area contributed by atoms with Crippen molar-refractivity contribution in [3.63, 3.8) is 0 Å². The van der Waals surface area contributed by atoms with Crippen molar-refractivity contribution in [1.82, 2.24) is 4.90 Å². The molecule has 16 heavy (non-hydrogen) atoms. The Bertz CT molecular complexity index is 293. The van der Waals surface area contributed by atoms with E-state index in [-0.39, 0.29) is 0 Å². The lowest BCUT2D eigenvalue weighted by molar-refractivity contribution is 0.196. The molecular formula is C13H22N2S. The molecule has 3 heteroatoms. The minimum atomic E-state index is 0.445. The Morgan fingerprint density at radius 1 is 1.56 bits per heavy atom. The molecule has 1 aromatic rings. The van der Waals surface area contributed by atoms with Crippen molar-refractivity contribution in [1.29, 1.82) is 0 Å². The highest BCUT2D eigenvalue weighted by atomic mass is 32.1. The van der Waals surface area contributed by atoms with Crippen molar-refractivity contribution in [3.8, 4) is 0 Å². The molecule has 2 N–H and O–H groups in total. The second-order valence-corrected chi connectivity index (χ2v) is 5.68. The van der Waals surface area contributed by atoms with Crippen LogP contribution in [0.15, 0.2) is 17.5 Å². The van der Waals surface area contributed by atoms with Crippen LogP contribution in [0.1, 0.15) is 37.1 Å². The van der Waals surface area contributed by atoms with Crippen LogP contribution in [0.25, 0.3) is 0 Å². The van der Waals surface area contributed by atoms with Crippen molar-refractivity contribution in [2.75, 3.05) is 19.6 Å². The molecule has 1 aliphatic rings. The topological polar surface area (TPSA) is 29.3 Å². The average Bonchev–Trinajstić information content (AvgIpc) is 2.94. The second-order valence-electron chi connectivity index (χ2n) is 4.71. The Hall–Kier alpha value is -0.380. The highest BCUT2D eigenvalue weighted by Crippen LogP contribution is 2.33. The molecule has 1 aliphatic carbocycles. The van der Waals surface area contributed by atoms with E-state index >= 15 is 0 Å². The van der Waals surface area contributed by atoms with Gasteiger partial charge in [0.15, 0.2) is 0 Å². The lowest BCUT2D eigenvalue weighted by Crippen LogP contribution is -2.35. The zero-order valence-electron chi connectivity index (χ0n) is 10.1. The third-order valence-corrected chi connectivity index (χ3v) is 4.21. The lowest BCUT2D eigenvalue weighted by atomic mass is 10.1. The summed E-state index contributed by atoms with van der Waals surface area (Å²) in [5, 5.41) is 2.15. The van der Waals surface area contributed by atoms with Crippen molar-refractivity contribution in [2.45, 2.75) is 32.2 Å². The van der Waals surface area contributed by atoms with Crippen LogP contribution in [0.2, 0.25) is 0 Å². The van der Waals surface area contributed by atoms with Crippen molar-refractivity contribution in [2.24, 2.45) is 11.7 Å². The first-order chi connectivity index (χ1) is 7.85. The minimum Gasteiger partial charge on any atom is -0.329 e. The Kier molecular flexibility index (Phi) is 4.38. The quantitative estimate of drug-likeness (QED) is 0.791. The first kappa shape index (κ1) is 12.1. The van der Waals surface area contributed by atoms with Gasteiger partial charge in [-0.25, -0.2) is 0 Å². The van der Waals surface area contributed by atoms with E-state index in [1.165, 1.54) is 37.2 Å². The van der Waals surface area contributed by atoms with E-state index in [1.54, 1.807) is 0 Å². The first-order valence-electron chi connectivity index (χ1n) is 6.32. The van der Waals surface area contributed by atoms with Crippen LogP contribution in [0.4, 0.5) is 0 Å². The first-order valence-corrected chi connectivity index (χ1v) is 7.20. The molecule has 2 nitrogen and oxygen atoms in total. The van der Waals surface area contributed by atoms with Gasteiger partial charge in [0, 0.05) is 18.0 Å². The highest BCUT2D eigenvalue weighted by molar-refractivity contribution is 7.10. The van der Waals surface area contributed by atoms with Crippen molar-refractivity contribution in [3.05, 3.63) is 22.4 Å². The fourth-order valence-electron chi connectivity index (χ4n) is 2.22. The van der Waals surface area contributed by atoms with E-state index in [9.17, 15) is 0 Å². The molecule has 0 aromatic carbocycles. The monoisotopic (exact) mass is 238 g/mol. The van der Waals surface area contributed by atoms with Gasteiger partial charge in [0.25, 0.3) is 0 Å². The molecule has 0 saturated heterocycles. The van der Waals surface area contributed by atoms with E-state index in [1.807, 2.05) is 11.3 Å². The van der Waals surface area contributed by atoms with Crippen LogP contribution in [0.5, 0.6) is 0 Å². The molecule has 90 valence electrons. The normalized spacial score (nSPS) is 17.9. The van der Waals surface area contributed by atoms with Crippen LogP contribution in [-0.4, -0.2) is 24.5 Å². The molecular weight excluding hydrogens is 216 g/mol. The van der Waals surface area contributed by atoms with Gasteiger partial charge in [-0.1, -0.05) is 13.0 Å². The second kappa shape index (κ2) is 5.80. The van der Waals surface area contributed by atoms with Gasteiger partial charge in [0.2, 0.25) is 0 Å². The summed E-state index contributed by atoms with van der Waals surface area (Å²) in [6.07, 6.45) is 4.05. The molecule has 1 saturated carbocycles. The van der Waals surface area contributed by atoms with Gasteiger partial charge in [-0.2, -0.15) is 0 Å². The third-order valence-electron chi connectivity index (χ3n) is 3.24. The van der Waals surface area contributed by atoms with Gasteiger partial charge in [-0.15, -0.1) is 11.3 Å². The molecule has 0 aliphatic heterocycles. The molecule has 0 amide bonds. The summed E-state index contributed by atoms with van der Waals surface area (Å²) in [7, 11) is 0. The molecule has 2 rings (SSSR count). The molecule has 1 atom stereocenters. The summed E-state index contributed by atoms with van der Waals surface area (Å²) >= 11 is 1.84. The summed E-state index contributed by atoms with van der Waals surface area (Å²) in [6, 6.07) is 4.79. The van der Waals surface area contributed by atoms with Gasteiger partial charge in [-0.3, -0.25) is 4.90 Å². The van der Waals surface area contributed by atoms with Crippen LogP contribution < -0.4 is 5.73 Å². The Morgan fingerprint density at radius 2 is 2.38 bits per heavy atom. The number of thiophene rings is 1. The van der Waals surface area contributed by atoms with E-state index in [2.05, 4.69) is 29.3 Å². The number of hydrogen-bond acceptors (Lipinski definition) is 3. The maximum Gasteiger partial charge on any atom is 0.0564 e. The van der Waals surface area contributed by atoms with E-state index in [0.717, 1.165) is 12.5 Å². The van der Waals surface area contributed by atoms with Crippen LogP contribution >= 0.6 is 11.3 Å². The average molecular weight is 238 g/mol. The van der Waals surface area contributed by atoms with Crippen molar-refractivity contribution >= 4 is 11.3 Å². The van der Waals surface area contributed by atoms with Gasteiger partial charge in [0.1, 0.15) is 0 Å². The van der Waals surface area contributed by atoms with Gasteiger partial charge >= 0.3 is 0 Å². The third kappa shape index (κ3) is 3.06. The molecule has 0 radical (unpaired) electrons. The standard InChI is InChI=1S/C13H22N2S/c1-2-7-15(10-11-5-6-11)12(9-14)13-4-3-8-16-13/h3-4,8,11-12H,2,5-7,9-10,14H2,1H3. The van der Waals surface area contributed by atoms with Gasteiger partial charge in [-0.05, 0) is 43.2 Å². The van der Waals surface area contributed by atoms with Crippen molar-refractivity contribution < 1.29 is 0 Å². The van der Waals surface area contributed by atoms with Gasteiger partial charge < -0.3 is 5.73 Å². The predicted octanol–water partition coefficient (Wildman–Crippen LogP) is 2.87.